The first-order chi connectivity index (χ1) is 9.56. The minimum Gasteiger partial charge on any atom is -0.497 e. The van der Waals surface area contributed by atoms with Crippen LogP contribution in [0.25, 0.3) is 0 Å². The number of methoxy groups -OCH3 is 1. The summed E-state index contributed by atoms with van der Waals surface area (Å²) in [6.07, 6.45) is 4.82. The monoisotopic (exact) mass is 273 g/mol. The number of hydrogen-bond donors (Lipinski definition) is 1. The quantitative estimate of drug-likeness (QED) is 0.879. The van der Waals surface area contributed by atoms with Gasteiger partial charge in [-0.15, -0.1) is 0 Å². The molecule has 4 heteroatoms. The molecule has 20 heavy (non-hydrogen) atoms. The van der Waals surface area contributed by atoms with E-state index in [9.17, 15) is 0 Å². The summed E-state index contributed by atoms with van der Waals surface area (Å²) >= 11 is 0. The van der Waals surface area contributed by atoms with Crippen molar-refractivity contribution in [1.29, 1.82) is 0 Å². The predicted molar refractivity (Wildman–Crippen MR) is 81.0 cm³/mol. The molecule has 1 aromatic carbocycles. The van der Waals surface area contributed by atoms with E-state index in [4.69, 9.17) is 4.74 Å². The Morgan fingerprint density at radius 2 is 1.95 bits per heavy atom. The lowest BCUT2D eigenvalue weighted by Gasteiger charge is -2.25. The molecule has 0 aliphatic carbocycles. The standard InChI is InChI=1S/C16H23N3O/c1-16(2,17-3)15-11-18-12-19(15)10-9-13-5-7-14(20-4)8-6-13/h5-8,11-12,17H,9-10H2,1-4H3. The van der Waals surface area contributed by atoms with Crippen molar-refractivity contribution in [2.24, 2.45) is 0 Å². The molecule has 2 rings (SSSR count). The molecule has 0 saturated carbocycles. The summed E-state index contributed by atoms with van der Waals surface area (Å²) in [5, 5.41) is 3.32. The Labute approximate surface area is 120 Å². The van der Waals surface area contributed by atoms with Crippen molar-refractivity contribution >= 4 is 0 Å². The normalized spacial score (nSPS) is 11.6. The molecule has 0 bridgehead atoms. The smallest absolute Gasteiger partial charge is 0.118 e. The Morgan fingerprint density at radius 3 is 2.55 bits per heavy atom. The molecule has 0 atom stereocenters. The Balaban J connectivity index is 2.06. The highest BCUT2D eigenvalue weighted by atomic mass is 16.5. The highest BCUT2D eigenvalue weighted by molar-refractivity contribution is 5.27. The minimum atomic E-state index is -0.0730. The van der Waals surface area contributed by atoms with E-state index < -0.39 is 0 Å². The Bertz CT molecular complexity index is 543. The van der Waals surface area contributed by atoms with Crippen LogP contribution in [0.3, 0.4) is 0 Å². The summed E-state index contributed by atoms with van der Waals surface area (Å²) in [6.45, 7) is 5.24. The molecular formula is C16H23N3O. The number of aryl methyl sites for hydroxylation is 2. The van der Waals surface area contributed by atoms with E-state index in [0.29, 0.717) is 0 Å². The first kappa shape index (κ1) is 14.6. The molecule has 0 aliphatic rings. The van der Waals surface area contributed by atoms with E-state index in [1.807, 2.05) is 31.7 Å². The largest absolute Gasteiger partial charge is 0.497 e. The number of nitrogens with one attached hydrogen (secondary N) is 1. The first-order valence-corrected chi connectivity index (χ1v) is 6.89. The van der Waals surface area contributed by atoms with Crippen LogP contribution in [0.15, 0.2) is 36.8 Å². The second-order valence-corrected chi connectivity index (χ2v) is 5.45. The van der Waals surface area contributed by atoms with Crippen LogP contribution in [0, 0.1) is 0 Å². The molecule has 1 aromatic heterocycles. The molecule has 4 nitrogen and oxygen atoms in total. The van der Waals surface area contributed by atoms with E-state index in [-0.39, 0.29) is 5.54 Å². The van der Waals surface area contributed by atoms with Crippen LogP contribution in [0.2, 0.25) is 0 Å². The lowest BCUT2D eigenvalue weighted by Crippen LogP contribution is -2.35. The first-order valence-electron chi connectivity index (χ1n) is 6.89. The topological polar surface area (TPSA) is 39.1 Å². The number of ether oxygens (including phenoxy) is 1. The van der Waals surface area contributed by atoms with Crippen LogP contribution in [0.1, 0.15) is 25.1 Å². The Morgan fingerprint density at radius 1 is 1.25 bits per heavy atom. The highest BCUT2D eigenvalue weighted by Crippen LogP contribution is 2.19. The molecule has 0 spiro atoms. The van der Waals surface area contributed by atoms with Gasteiger partial charge in [-0.3, -0.25) is 0 Å². The summed E-state index contributed by atoms with van der Waals surface area (Å²) in [7, 11) is 3.66. The van der Waals surface area contributed by atoms with Crippen molar-refractivity contribution in [2.45, 2.75) is 32.4 Å². The van der Waals surface area contributed by atoms with E-state index in [0.717, 1.165) is 18.7 Å². The van der Waals surface area contributed by atoms with Crippen molar-refractivity contribution in [2.75, 3.05) is 14.2 Å². The van der Waals surface area contributed by atoms with Crippen molar-refractivity contribution < 1.29 is 4.74 Å². The van der Waals surface area contributed by atoms with Crippen LogP contribution in [0.4, 0.5) is 0 Å². The number of hydrogen-bond acceptors (Lipinski definition) is 3. The third-order valence-corrected chi connectivity index (χ3v) is 3.78. The van der Waals surface area contributed by atoms with Gasteiger partial charge in [0.25, 0.3) is 0 Å². The maximum absolute atomic E-state index is 5.17. The fourth-order valence-corrected chi connectivity index (χ4v) is 2.19. The number of rotatable bonds is 6. The van der Waals surface area contributed by atoms with E-state index in [2.05, 4.69) is 40.8 Å². The SMILES string of the molecule is CNC(C)(C)c1cncn1CCc1ccc(OC)cc1. The maximum atomic E-state index is 5.17. The number of imidazole rings is 1. The van der Waals surface area contributed by atoms with Gasteiger partial charge in [-0.25, -0.2) is 4.98 Å². The second-order valence-electron chi connectivity index (χ2n) is 5.45. The molecule has 0 unspecified atom stereocenters. The van der Waals surface area contributed by atoms with Gasteiger partial charge in [0.1, 0.15) is 5.75 Å². The van der Waals surface area contributed by atoms with E-state index in [1.54, 1.807) is 7.11 Å². The van der Waals surface area contributed by atoms with Crippen molar-refractivity contribution in [3.8, 4) is 5.75 Å². The molecule has 2 aromatic rings. The zero-order valence-electron chi connectivity index (χ0n) is 12.7. The lowest BCUT2D eigenvalue weighted by atomic mass is 10.0. The minimum absolute atomic E-state index is 0.0730. The lowest BCUT2D eigenvalue weighted by molar-refractivity contribution is 0.408. The Hall–Kier alpha value is -1.81. The molecule has 0 amide bonds. The molecular weight excluding hydrogens is 250 g/mol. The summed E-state index contributed by atoms with van der Waals surface area (Å²) in [4.78, 5) is 4.28. The van der Waals surface area contributed by atoms with Crippen LogP contribution < -0.4 is 10.1 Å². The third kappa shape index (κ3) is 3.20. The summed E-state index contributed by atoms with van der Waals surface area (Å²) < 4.78 is 7.38. The number of benzene rings is 1. The molecule has 1 N–H and O–H groups in total. The van der Waals surface area contributed by atoms with E-state index in [1.165, 1.54) is 11.3 Å². The van der Waals surface area contributed by atoms with Crippen molar-refractivity contribution in [1.82, 2.24) is 14.9 Å². The number of aromatic nitrogens is 2. The van der Waals surface area contributed by atoms with E-state index >= 15 is 0 Å². The summed E-state index contributed by atoms with van der Waals surface area (Å²) in [5.41, 5.74) is 2.43. The third-order valence-electron chi connectivity index (χ3n) is 3.78. The maximum Gasteiger partial charge on any atom is 0.118 e. The average molecular weight is 273 g/mol. The van der Waals surface area contributed by atoms with Gasteiger partial charge in [-0.05, 0) is 45.0 Å². The molecule has 0 saturated heterocycles. The van der Waals surface area contributed by atoms with Crippen LogP contribution in [-0.4, -0.2) is 23.7 Å². The van der Waals surface area contributed by atoms with Crippen LogP contribution in [0.5, 0.6) is 5.75 Å². The second kappa shape index (κ2) is 6.09. The van der Waals surface area contributed by atoms with Gasteiger partial charge in [0.15, 0.2) is 0 Å². The van der Waals surface area contributed by atoms with Gasteiger partial charge in [-0.1, -0.05) is 12.1 Å². The molecule has 0 aliphatic heterocycles. The molecule has 0 fully saturated rings. The van der Waals surface area contributed by atoms with Crippen LogP contribution >= 0.6 is 0 Å². The molecule has 0 radical (unpaired) electrons. The highest BCUT2D eigenvalue weighted by Gasteiger charge is 2.21. The summed E-state index contributed by atoms with van der Waals surface area (Å²) in [6, 6.07) is 8.22. The van der Waals surface area contributed by atoms with Crippen molar-refractivity contribution in [3.05, 3.63) is 48.0 Å². The van der Waals surface area contributed by atoms with Gasteiger partial charge in [-0.2, -0.15) is 0 Å². The van der Waals surface area contributed by atoms with Gasteiger partial charge < -0.3 is 14.6 Å². The Kier molecular flexibility index (Phi) is 4.45. The van der Waals surface area contributed by atoms with Crippen molar-refractivity contribution in [3.63, 3.8) is 0 Å². The zero-order chi connectivity index (χ0) is 14.6. The van der Waals surface area contributed by atoms with Gasteiger partial charge in [0.2, 0.25) is 0 Å². The molecule has 1 heterocycles. The fraction of sp³-hybridized carbons (Fsp3) is 0.438. The number of nitrogens with zero attached hydrogens (tertiary/aromatic N) is 2. The van der Waals surface area contributed by atoms with Gasteiger partial charge >= 0.3 is 0 Å². The zero-order valence-corrected chi connectivity index (χ0v) is 12.7. The fourth-order valence-electron chi connectivity index (χ4n) is 2.19. The predicted octanol–water partition coefficient (Wildman–Crippen LogP) is 2.59. The average Bonchev–Trinajstić information content (AvgIpc) is 2.95. The molecule has 108 valence electrons. The summed E-state index contributed by atoms with van der Waals surface area (Å²) in [5.74, 6) is 0.897. The van der Waals surface area contributed by atoms with Crippen LogP contribution in [-0.2, 0) is 18.5 Å². The van der Waals surface area contributed by atoms with Gasteiger partial charge in [0.05, 0.1) is 24.7 Å². The van der Waals surface area contributed by atoms with Gasteiger partial charge in [0, 0.05) is 12.7 Å².